The van der Waals surface area contributed by atoms with Crippen LogP contribution in [0, 0.1) is 11.6 Å². The highest BCUT2D eigenvalue weighted by Gasteiger charge is 2.25. The Morgan fingerprint density at radius 2 is 1.67 bits per heavy atom. The van der Waals surface area contributed by atoms with Crippen molar-refractivity contribution in [3.63, 3.8) is 0 Å². The molecule has 8 heteroatoms. The molecule has 0 bridgehead atoms. The summed E-state index contributed by atoms with van der Waals surface area (Å²) in [5.41, 5.74) is 0.567. The zero-order valence-electron chi connectivity index (χ0n) is 14.4. The number of halogens is 2. The molecule has 2 aromatic rings. The molecule has 0 unspecified atom stereocenters. The standard InChI is InChI=1S/C19H18F2N2O4/c1-11(19(26)27)22-18(25)16(10-12-7-8-14(20)15(21)9-12)23-17(24)13-5-3-2-4-6-13/h2-9,11,16H,10H2,1H3,(H,22,25)(H,23,24)(H,26,27)/t11-,16+/m0/s1. The third-order valence-electron chi connectivity index (χ3n) is 3.81. The molecular weight excluding hydrogens is 358 g/mol. The van der Waals surface area contributed by atoms with Crippen LogP contribution in [-0.4, -0.2) is 35.0 Å². The fourth-order valence-electron chi connectivity index (χ4n) is 2.32. The molecule has 0 spiro atoms. The van der Waals surface area contributed by atoms with Gasteiger partial charge in [0.15, 0.2) is 11.6 Å². The van der Waals surface area contributed by atoms with Crippen molar-refractivity contribution in [1.29, 1.82) is 0 Å². The van der Waals surface area contributed by atoms with Gasteiger partial charge >= 0.3 is 5.97 Å². The van der Waals surface area contributed by atoms with Gasteiger partial charge in [0.1, 0.15) is 12.1 Å². The smallest absolute Gasteiger partial charge is 0.325 e. The Morgan fingerprint density at radius 1 is 1.00 bits per heavy atom. The number of carbonyl (C=O) groups excluding carboxylic acids is 2. The van der Waals surface area contributed by atoms with E-state index in [2.05, 4.69) is 10.6 Å². The molecule has 2 rings (SSSR count). The molecule has 6 nitrogen and oxygen atoms in total. The highest BCUT2D eigenvalue weighted by Crippen LogP contribution is 2.11. The second kappa shape index (κ2) is 8.88. The molecule has 0 radical (unpaired) electrons. The Morgan fingerprint density at radius 3 is 2.26 bits per heavy atom. The number of hydrogen-bond acceptors (Lipinski definition) is 3. The molecule has 0 fully saturated rings. The van der Waals surface area contributed by atoms with E-state index in [0.29, 0.717) is 5.56 Å². The summed E-state index contributed by atoms with van der Waals surface area (Å²) >= 11 is 0. The predicted octanol–water partition coefficient (Wildman–Crippen LogP) is 1.90. The first-order valence-corrected chi connectivity index (χ1v) is 8.11. The van der Waals surface area contributed by atoms with Crippen molar-refractivity contribution in [3.8, 4) is 0 Å². The number of rotatable bonds is 7. The molecular formula is C19H18F2N2O4. The van der Waals surface area contributed by atoms with Crippen molar-refractivity contribution < 1.29 is 28.3 Å². The van der Waals surface area contributed by atoms with Crippen LogP contribution in [0.5, 0.6) is 0 Å². The first kappa shape index (κ1) is 20.0. The highest BCUT2D eigenvalue weighted by molar-refractivity contribution is 5.98. The van der Waals surface area contributed by atoms with E-state index in [1.54, 1.807) is 30.3 Å². The minimum Gasteiger partial charge on any atom is -0.480 e. The second-order valence-electron chi connectivity index (χ2n) is 5.91. The van der Waals surface area contributed by atoms with Crippen molar-refractivity contribution in [2.24, 2.45) is 0 Å². The third kappa shape index (κ3) is 5.60. The predicted molar refractivity (Wildman–Crippen MR) is 93.0 cm³/mol. The van der Waals surface area contributed by atoms with Gasteiger partial charge in [0.2, 0.25) is 5.91 Å². The molecule has 0 aliphatic heterocycles. The van der Waals surface area contributed by atoms with E-state index < -0.39 is 41.5 Å². The lowest BCUT2D eigenvalue weighted by atomic mass is 10.0. The van der Waals surface area contributed by atoms with Crippen LogP contribution in [-0.2, 0) is 16.0 Å². The molecule has 0 heterocycles. The fraction of sp³-hybridized carbons (Fsp3) is 0.211. The molecule has 142 valence electrons. The second-order valence-corrected chi connectivity index (χ2v) is 5.91. The van der Waals surface area contributed by atoms with E-state index in [1.807, 2.05) is 0 Å². The molecule has 2 aromatic carbocycles. The van der Waals surface area contributed by atoms with Gasteiger partial charge in [-0.2, -0.15) is 0 Å². The molecule has 0 saturated heterocycles. The molecule has 0 aromatic heterocycles. The maximum atomic E-state index is 13.4. The Labute approximate surface area is 154 Å². The number of aliphatic carboxylic acids is 1. The lowest BCUT2D eigenvalue weighted by Gasteiger charge is -2.20. The minimum atomic E-state index is -1.25. The Bertz CT molecular complexity index is 843. The number of nitrogens with one attached hydrogen (secondary N) is 2. The topological polar surface area (TPSA) is 95.5 Å². The first-order chi connectivity index (χ1) is 12.8. The van der Waals surface area contributed by atoms with E-state index in [0.717, 1.165) is 12.1 Å². The molecule has 0 aliphatic carbocycles. The van der Waals surface area contributed by atoms with Gasteiger partial charge in [0.05, 0.1) is 0 Å². The van der Waals surface area contributed by atoms with E-state index >= 15 is 0 Å². The van der Waals surface area contributed by atoms with Crippen molar-refractivity contribution in [2.75, 3.05) is 0 Å². The summed E-state index contributed by atoms with van der Waals surface area (Å²) in [6, 6.07) is 8.86. The van der Waals surface area contributed by atoms with Gasteiger partial charge < -0.3 is 15.7 Å². The van der Waals surface area contributed by atoms with Crippen molar-refractivity contribution in [2.45, 2.75) is 25.4 Å². The number of amides is 2. The van der Waals surface area contributed by atoms with E-state index in [-0.39, 0.29) is 12.0 Å². The van der Waals surface area contributed by atoms with Crippen LogP contribution in [0.3, 0.4) is 0 Å². The molecule has 2 amide bonds. The Hall–Kier alpha value is -3.29. The summed E-state index contributed by atoms with van der Waals surface area (Å²) < 4.78 is 26.5. The van der Waals surface area contributed by atoms with Gasteiger partial charge in [-0.05, 0) is 36.8 Å². The molecule has 3 N–H and O–H groups in total. The van der Waals surface area contributed by atoms with Crippen LogP contribution in [0.15, 0.2) is 48.5 Å². The molecule has 0 saturated carbocycles. The van der Waals surface area contributed by atoms with Gasteiger partial charge in [-0.1, -0.05) is 24.3 Å². The maximum Gasteiger partial charge on any atom is 0.325 e. The fourth-order valence-corrected chi connectivity index (χ4v) is 2.32. The van der Waals surface area contributed by atoms with Crippen LogP contribution >= 0.6 is 0 Å². The van der Waals surface area contributed by atoms with Crippen molar-refractivity contribution in [1.82, 2.24) is 10.6 Å². The zero-order valence-corrected chi connectivity index (χ0v) is 14.4. The average Bonchev–Trinajstić information content (AvgIpc) is 2.64. The first-order valence-electron chi connectivity index (χ1n) is 8.11. The van der Waals surface area contributed by atoms with E-state index in [9.17, 15) is 23.2 Å². The average molecular weight is 376 g/mol. The van der Waals surface area contributed by atoms with Crippen LogP contribution in [0.25, 0.3) is 0 Å². The summed E-state index contributed by atoms with van der Waals surface area (Å²) in [4.78, 5) is 35.7. The summed E-state index contributed by atoms with van der Waals surface area (Å²) in [6.07, 6.45) is -0.145. The number of carbonyl (C=O) groups is 3. The van der Waals surface area contributed by atoms with Crippen LogP contribution in [0.1, 0.15) is 22.8 Å². The summed E-state index contributed by atoms with van der Waals surface area (Å²) in [6.45, 7) is 1.27. The number of carboxylic acid groups (broad SMARTS) is 1. The molecule has 2 atom stereocenters. The van der Waals surface area contributed by atoms with Crippen molar-refractivity contribution in [3.05, 3.63) is 71.3 Å². The number of benzene rings is 2. The summed E-state index contributed by atoms with van der Waals surface area (Å²) in [5, 5.41) is 13.7. The van der Waals surface area contributed by atoms with Gasteiger partial charge in [0, 0.05) is 12.0 Å². The lowest BCUT2D eigenvalue weighted by Crippen LogP contribution is -2.51. The number of hydrogen-bond donors (Lipinski definition) is 3. The van der Waals surface area contributed by atoms with Crippen LogP contribution in [0.2, 0.25) is 0 Å². The van der Waals surface area contributed by atoms with Crippen LogP contribution < -0.4 is 10.6 Å². The Kier molecular flexibility index (Phi) is 6.59. The SMILES string of the molecule is C[C@H](NC(=O)[C@@H](Cc1ccc(F)c(F)c1)NC(=O)c1ccccc1)C(=O)O. The number of carboxylic acids is 1. The monoisotopic (exact) mass is 376 g/mol. The van der Waals surface area contributed by atoms with E-state index in [4.69, 9.17) is 5.11 Å². The third-order valence-corrected chi connectivity index (χ3v) is 3.81. The molecule has 0 aliphatic rings. The minimum absolute atomic E-state index is 0.145. The normalized spacial score (nSPS) is 12.7. The Balaban J connectivity index is 2.21. The summed E-state index contributed by atoms with van der Waals surface area (Å²) in [5.74, 6) is -4.67. The van der Waals surface area contributed by atoms with Gasteiger partial charge in [-0.15, -0.1) is 0 Å². The van der Waals surface area contributed by atoms with Gasteiger partial charge in [-0.25, -0.2) is 8.78 Å². The zero-order chi connectivity index (χ0) is 20.0. The van der Waals surface area contributed by atoms with Crippen LogP contribution in [0.4, 0.5) is 8.78 Å². The maximum absolute atomic E-state index is 13.4. The highest BCUT2D eigenvalue weighted by atomic mass is 19.2. The molecule has 27 heavy (non-hydrogen) atoms. The lowest BCUT2D eigenvalue weighted by molar-refractivity contribution is -0.141. The largest absolute Gasteiger partial charge is 0.480 e. The van der Waals surface area contributed by atoms with Gasteiger partial charge in [-0.3, -0.25) is 14.4 Å². The quantitative estimate of drug-likeness (QED) is 0.688. The van der Waals surface area contributed by atoms with Crippen molar-refractivity contribution >= 4 is 17.8 Å². The summed E-state index contributed by atoms with van der Waals surface area (Å²) in [7, 11) is 0. The van der Waals surface area contributed by atoms with Gasteiger partial charge in [0.25, 0.3) is 5.91 Å². The van der Waals surface area contributed by atoms with E-state index in [1.165, 1.54) is 13.0 Å².